The van der Waals surface area contributed by atoms with Crippen LogP contribution in [0.4, 0.5) is 0 Å². The molecule has 0 bridgehead atoms. The summed E-state index contributed by atoms with van der Waals surface area (Å²) in [4.78, 5) is 13.4. The Balaban J connectivity index is 1.73. The van der Waals surface area contributed by atoms with Gasteiger partial charge in [0.05, 0.1) is 0 Å². The number of aryl methyl sites for hydroxylation is 1. The third kappa shape index (κ3) is 2.35. The van der Waals surface area contributed by atoms with Crippen LogP contribution >= 0.6 is 11.8 Å². The topological polar surface area (TPSA) is 17.1 Å². The second kappa shape index (κ2) is 5.08. The highest BCUT2D eigenvalue weighted by Gasteiger charge is 2.42. The van der Waals surface area contributed by atoms with E-state index in [-0.39, 0.29) is 0 Å². The Hall–Kier alpha value is -0.760. The van der Waals surface area contributed by atoms with Gasteiger partial charge in [-0.3, -0.25) is 4.79 Å². The summed E-state index contributed by atoms with van der Waals surface area (Å²) in [5.41, 5.74) is 1.30. The minimum atomic E-state index is 0.352. The monoisotopic (exact) mass is 260 g/mol. The molecule has 2 aliphatic carbocycles. The van der Waals surface area contributed by atoms with Gasteiger partial charge in [-0.15, -0.1) is 11.8 Å². The van der Waals surface area contributed by atoms with E-state index in [0.717, 1.165) is 12.8 Å². The van der Waals surface area contributed by atoms with E-state index in [1.165, 1.54) is 29.7 Å². The number of ketones is 1. The average Bonchev–Trinajstić information content (AvgIpc) is 2.77. The van der Waals surface area contributed by atoms with Crippen LogP contribution in [0, 0.1) is 18.8 Å². The van der Waals surface area contributed by atoms with Crippen LogP contribution in [0.5, 0.6) is 0 Å². The molecular formula is C16H20OS. The van der Waals surface area contributed by atoms with Gasteiger partial charge in [0.15, 0.2) is 0 Å². The fourth-order valence-corrected chi connectivity index (χ4v) is 4.88. The Morgan fingerprint density at radius 2 is 1.89 bits per heavy atom. The number of thioether (sulfide) groups is 1. The first-order valence-electron chi connectivity index (χ1n) is 7.00. The molecule has 0 saturated heterocycles. The number of Topliss-reactive ketones (excluding diaryl/α,β-unsaturated/α-hetero) is 1. The smallest absolute Gasteiger partial charge is 0.137 e. The van der Waals surface area contributed by atoms with Gasteiger partial charge in [-0.2, -0.15) is 0 Å². The van der Waals surface area contributed by atoms with E-state index in [1.807, 2.05) is 11.8 Å². The van der Waals surface area contributed by atoms with Crippen molar-refractivity contribution in [2.24, 2.45) is 11.8 Å². The normalized spacial score (nSPS) is 31.4. The van der Waals surface area contributed by atoms with Gasteiger partial charge < -0.3 is 0 Å². The molecule has 2 aliphatic rings. The number of carbonyl (C=O) groups is 1. The van der Waals surface area contributed by atoms with Crippen LogP contribution in [-0.4, -0.2) is 11.0 Å². The van der Waals surface area contributed by atoms with Crippen molar-refractivity contribution < 1.29 is 4.79 Å². The number of hydrogen-bond acceptors (Lipinski definition) is 2. The molecule has 1 aromatic carbocycles. The second-order valence-corrected chi connectivity index (χ2v) is 7.00. The standard InChI is InChI=1S/C16H20OS/c1-11-5-8-13(9-6-11)18-15-10-7-12-3-2-4-14(17)16(12)15/h5-6,8-9,12,15-16H,2-4,7,10H2,1H3. The fourth-order valence-electron chi connectivity index (χ4n) is 3.46. The van der Waals surface area contributed by atoms with Crippen molar-refractivity contribution in [3.8, 4) is 0 Å². The molecule has 1 nitrogen and oxygen atoms in total. The third-order valence-electron chi connectivity index (χ3n) is 4.41. The lowest BCUT2D eigenvalue weighted by molar-refractivity contribution is -0.125. The van der Waals surface area contributed by atoms with Gasteiger partial charge in [-0.1, -0.05) is 17.7 Å². The van der Waals surface area contributed by atoms with Crippen LogP contribution in [0.3, 0.4) is 0 Å². The van der Waals surface area contributed by atoms with Gasteiger partial charge in [0.2, 0.25) is 0 Å². The average molecular weight is 260 g/mol. The van der Waals surface area contributed by atoms with E-state index in [1.54, 1.807) is 0 Å². The molecule has 0 N–H and O–H groups in total. The van der Waals surface area contributed by atoms with Crippen molar-refractivity contribution >= 4 is 17.5 Å². The van der Waals surface area contributed by atoms with E-state index in [4.69, 9.17) is 0 Å². The summed E-state index contributed by atoms with van der Waals surface area (Å²) in [6.45, 7) is 2.12. The zero-order valence-electron chi connectivity index (χ0n) is 10.9. The molecule has 0 heterocycles. The molecule has 0 radical (unpaired) electrons. The van der Waals surface area contributed by atoms with Crippen molar-refractivity contribution in [3.63, 3.8) is 0 Å². The molecule has 1 aromatic rings. The summed E-state index contributed by atoms with van der Waals surface area (Å²) < 4.78 is 0. The van der Waals surface area contributed by atoms with E-state index in [9.17, 15) is 4.79 Å². The van der Waals surface area contributed by atoms with E-state index < -0.39 is 0 Å². The first-order valence-corrected chi connectivity index (χ1v) is 7.88. The third-order valence-corrected chi connectivity index (χ3v) is 5.78. The Labute approximate surface area is 113 Å². The van der Waals surface area contributed by atoms with Crippen molar-refractivity contribution in [1.29, 1.82) is 0 Å². The molecule has 0 aromatic heterocycles. The summed E-state index contributed by atoms with van der Waals surface area (Å²) in [5.74, 6) is 1.58. The van der Waals surface area contributed by atoms with Crippen LogP contribution in [0.2, 0.25) is 0 Å². The number of benzene rings is 1. The quantitative estimate of drug-likeness (QED) is 0.791. The molecule has 3 rings (SSSR count). The Bertz CT molecular complexity index is 437. The molecule has 18 heavy (non-hydrogen) atoms. The lowest BCUT2D eigenvalue weighted by Gasteiger charge is -2.27. The molecule has 3 unspecified atom stereocenters. The predicted octanol–water partition coefficient (Wildman–Crippen LogP) is 4.23. The SMILES string of the molecule is Cc1ccc(SC2CCC3CCCC(=O)C32)cc1. The van der Waals surface area contributed by atoms with Gasteiger partial charge in [-0.05, 0) is 50.7 Å². The van der Waals surface area contributed by atoms with Gasteiger partial charge in [0.1, 0.15) is 5.78 Å². The molecule has 3 atom stereocenters. The fraction of sp³-hybridized carbons (Fsp3) is 0.562. The molecular weight excluding hydrogens is 240 g/mol. The first-order chi connectivity index (χ1) is 8.74. The lowest BCUT2D eigenvalue weighted by atomic mass is 9.81. The van der Waals surface area contributed by atoms with Crippen LogP contribution in [-0.2, 0) is 4.79 Å². The van der Waals surface area contributed by atoms with E-state index >= 15 is 0 Å². The Morgan fingerprint density at radius 3 is 2.67 bits per heavy atom. The number of fused-ring (bicyclic) bond motifs is 1. The Kier molecular flexibility index (Phi) is 3.47. The van der Waals surface area contributed by atoms with Crippen LogP contribution < -0.4 is 0 Å². The number of rotatable bonds is 2. The second-order valence-electron chi connectivity index (χ2n) is 5.69. The van der Waals surface area contributed by atoms with Gasteiger partial charge >= 0.3 is 0 Å². The lowest BCUT2D eigenvalue weighted by Crippen LogP contribution is -2.30. The summed E-state index contributed by atoms with van der Waals surface area (Å²) in [5, 5.41) is 0.533. The van der Waals surface area contributed by atoms with Crippen LogP contribution in [0.25, 0.3) is 0 Å². The van der Waals surface area contributed by atoms with E-state index in [0.29, 0.717) is 22.9 Å². The van der Waals surface area contributed by atoms with Crippen molar-refractivity contribution in [2.45, 2.75) is 49.2 Å². The van der Waals surface area contributed by atoms with Gasteiger partial charge in [-0.25, -0.2) is 0 Å². The largest absolute Gasteiger partial charge is 0.299 e. The highest BCUT2D eigenvalue weighted by atomic mass is 32.2. The van der Waals surface area contributed by atoms with Crippen LogP contribution in [0.1, 0.15) is 37.7 Å². The molecule has 2 heteroatoms. The molecule has 0 aliphatic heterocycles. The number of carbonyl (C=O) groups excluding carboxylic acids is 1. The summed E-state index contributed by atoms with van der Waals surface area (Å²) in [6.07, 6.45) is 5.72. The summed E-state index contributed by atoms with van der Waals surface area (Å²) in [6, 6.07) is 8.72. The zero-order chi connectivity index (χ0) is 12.5. The zero-order valence-corrected chi connectivity index (χ0v) is 11.7. The summed E-state index contributed by atoms with van der Waals surface area (Å²) in [7, 11) is 0. The minimum Gasteiger partial charge on any atom is -0.299 e. The summed E-state index contributed by atoms with van der Waals surface area (Å²) >= 11 is 1.93. The van der Waals surface area contributed by atoms with Crippen molar-refractivity contribution in [2.75, 3.05) is 0 Å². The molecule has 2 saturated carbocycles. The maximum Gasteiger partial charge on any atom is 0.137 e. The Morgan fingerprint density at radius 1 is 1.11 bits per heavy atom. The van der Waals surface area contributed by atoms with Crippen LogP contribution in [0.15, 0.2) is 29.2 Å². The van der Waals surface area contributed by atoms with Gasteiger partial charge in [0, 0.05) is 22.5 Å². The van der Waals surface area contributed by atoms with Gasteiger partial charge in [0.25, 0.3) is 0 Å². The highest BCUT2D eigenvalue weighted by Crippen LogP contribution is 2.47. The molecule has 0 amide bonds. The predicted molar refractivity (Wildman–Crippen MR) is 75.9 cm³/mol. The highest BCUT2D eigenvalue weighted by molar-refractivity contribution is 8.00. The van der Waals surface area contributed by atoms with E-state index in [2.05, 4.69) is 31.2 Å². The van der Waals surface area contributed by atoms with Crippen molar-refractivity contribution in [3.05, 3.63) is 29.8 Å². The molecule has 0 spiro atoms. The molecule has 2 fully saturated rings. The maximum absolute atomic E-state index is 12.1. The minimum absolute atomic E-state index is 0.352. The molecule has 96 valence electrons. The number of hydrogen-bond donors (Lipinski definition) is 0. The van der Waals surface area contributed by atoms with Crippen molar-refractivity contribution in [1.82, 2.24) is 0 Å². The maximum atomic E-state index is 12.1. The first kappa shape index (κ1) is 12.3.